The van der Waals surface area contributed by atoms with Crippen LogP contribution in [0.15, 0.2) is 273 Å². The SMILES string of the molecule is CC1(C)c2ccccc2-c2ccc(N(c3cc(-c4ccccc4)cc(-c4ccccc4)c3)c3cccc(C4(c5ccccc5)c5ccccc5C5(c6ccccc6)c6ccccc6-c6cccc4c65)c3)cc21. The van der Waals surface area contributed by atoms with Crippen LogP contribution in [0.25, 0.3) is 44.5 Å². The molecule has 0 heterocycles. The molecule has 0 N–H and O–H groups in total. The highest BCUT2D eigenvalue weighted by Gasteiger charge is 2.57. The average Bonchev–Trinajstić information content (AvgIpc) is 3.88. The van der Waals surface area contributed by atoms with E-state index in [0.717, 1.165) is 17.1 Å². The summed E-state index contributed by atoms with van der Waals surface area (Å²) in [6.45, 7) is 4.76. The summed E-state index contributed by atoms with van der Waals surface area (Å²) in [6.07, 6.45) is 0. The van der Waals surface area contributed by atoms with E-state index in [2.05, 4.69) is 292 Å². The molecule has 2 unspecified atom stereocenters. The Balaban J connectivity index is 1.07. The Labute approximate surface area is 423 Å². The van der Waals surface area contributed by atoms with Gasteiger partial charge in [-0.25, -0.2) is 0 Å². The Morgan fingerprint density at radius 1 is 0.250 bits per heavy atom. The van der Waals surface area contributed by atoms with E-state index >= 15 is 0 Å². The molecule has 72 heavy (non-hydrogen) atoms. The van der Waals surface area contributed by atoms with E-state index in [0.29, 0.717) is 0 Å². The van der Waals surface area contributed by atoms with Crippen LogP contribution in [-0.4, -0.2) is 0 Å². The fourth-order valence-corrected chi connectivity index (χ4v) is 13.3. The van der Waals surface area contributed by atoms with Crippen molar-refractivity contribution in [1.29, 1.82) is 0 Å². The highest BCUT2D eigenvalue weighted by molar-refractivity contribution is 5.93. The first kappa shape index (κ1) is 42.1. The first-order valence-corrected chi connectivity index (χ1v) is 25.3. The van der Waals surface area contributed by atoms with Crippen LogP contribution in [0.3, 0.4) is 0 Å². The van der Waals surface area contributed by atoms with E-state index in [1.165, 1.54) is 100 Å². The number of benzene rings is 11. The Morgan fingerprint density at radius 2 is 0.694 bits per heavy atom. The first-order chi connectivity index (χ1) is 35.5. The third-order valence-electron chi connectivity index (χ3n) is 16.4. The maximum Gasteiger partial charge on any atom is 0.0720 e. The van der Waals surface area contributed by atoms with Gasteiger partial charge in [0.1, 0.15) is 0 Å². The van der Waals surface area contributed by atoms with Crippen LogP contribution in [0.1, 0.15) is 69.5 Å². The fraction of sp³-hybridized carbons (Fsp3) is 0.0704. The van der Waals surface area contributed by atoms with Gasteiger partial charge in [-0.1, -0.05) is 244 Å². The minimum absolute atomic E-state index is 0.184. The van der Waals surface area contributed by atoms with Crippen molar-refractivity contribution in [2.75, 3.05) is 4.90 Å². The van der Waals surface area contributed by atoms with Crippen molar-refractivity contribution in [1.82, 2.24) is 0 Å². The summed E-state index contributed by atoms with van der Waals surface area (Å²) in [5.74, 6) is 0. The van der Waals surface area contributed by atoms with E-state index in [9.17, 15) is 0 Å². The van der Waals surface area contributed by atoms with E-state index < -0.39 is 10.8 Å². The summed E-state index contributed by atoms with van der Waals surface area (Å²) in [6, 6.07) is 103. The Hall–Kier alpha value is -8.78. The maximum absolute atomic E-state index is 2.52. The van der Waals surface area contributed by atoms with Crippen LogP contribution >= 0.6 is 0 Å². The second-order valence-corrected chi connectivity index (χ2v) is 20.3. The summed E-state index contributed by atoms with van der Waals surface area (Å²) < 4.78 is 0. The Morgan fingerprint density at radius 3 is 1.33 bits per heavy atom. The Kier molecular flexibility index (Phi) is 9.44. The second-order valence-electron chi connectivity index (χ2n) is 20.3. The van der Waals surface area contributed by atoms with Crippen molar-refractivity contribution in [2.45, 2.75) is 30.1 Å². The molecule has 0 aromatic heterocycles. The molecule has 3 aliphatic carbocycles. The maximum atomic E-state index is 2.52. The van der Waals surface area contributed by atoms with Crippen molar-refractivity contribution < 1.29 is 0 Å². The van der Waals surface area contributed by atoms with Crippen molar-refractivity contribution in [3.8, 4) is 44.5 Å². The monoisotopic (exact) mass is 917 g/mol. The molecule has 0 saturated carbocycles. The standard InChI is InChI=1S/C71H51N/c1-69(2)62-36-17-15-33-58(62)60-42-41-56(47-67(60)69)72(57-44-50(48-23-7-3-8-24-48)43-51(45-57)49-25-9-4-10-26-49)55-32-21-31-54(46-55)70(52-27-11-5-12-28-52)64-38-19-20-39-65(64)71(53-29-13-6-14-30-53)63-37-18-16-34-59(63)61-35-22-40-66(70)68(61)71/h3-47H,1-2H3. The highest BCUT2D eigenvalue weighted by atomic mass is 15.1. The number of hydrogen-bond donors (Lipinski definition) is 0. The summed E-state index contributed by atoms with van der Waals surface area (Å²) >= 11 is 0. The fourth-order valence-electron chi connectivity index (χ4n) is 13.3. The van der Waals surface area contributed by atoms with Crippen LogP contribution in [0.5, 0.6) is 0 Å². The van der Waals surface area contributed by atoms with Crippen LogP contribution in [0, 0.1) is 0 Å². The molecule has 0 amide bonds. The molecule has 3 aliphatic rings. The topological polar surface area (TPSA) is 3.24 Å². The molecule has 340 valence electrons. The van der Waals surface area contributed by atoms with E-state index in [1.54, 1.807) is 0 Å². The second kappa shape index (κ2) is 16.1. The van der Waals surface area contributed by atoms with E-state index in [4.69, 9.17) is 0 Å². The van der Waals surface area contributed by atoms with E-state index in [1.807, 2.05) is 0 Å². The molecule has 1 nitrogen and oxygen atoms in total. The van der Waals surface area contributed by atoms with Gasteiger partial charge in [-0.15, -0.1) is 0 Å². The average molecular weight is 918 g/mol. The number of anilines is 3. The number of nitrogens with zero attached hydrogens (tertiary/aromatic N) is 1. The molecule has 0 fully saturated rings. The molecular formula is C71H51N. The molecule has 1 heteroatoms. The minimum atomic E-state index is -0.701. The van der Waals surface area contributed by atoms with Gasteiger partial charge in [0.05, 0.1) is 10.8 Å². The molecule has 14 rings (SSSR count). The predicted molar refractivity (Wildman–Crippen MR) is 299 cm³/mol. The Bertz CT molecular complexity index is 3830. The molecule has 0 saturated heterocycles. The van der Waals surface area contributed by atoms with Gasteiger partial charge in [-0.05, 0) is 143 Å². The predicted octanol–water partition coefficient (Wildman–Crippen LogP) is 17.9. The molecule has 0 spiro atoms. The largest absolute Gasteiger partial charge is 0.310 e. The molecule has 2 atom stereocenters. The normalized spacial score (nSPS) is 17.2. The summed E-state index contributed by atoms with van der Waals surface area (Å²) in [4.78, 5) is 2.52. The van der Waals surface area contributed by atoms with Gasteiger partial charge in [0.25, 0.3) is 0 Å². The quantitative estimate of drug-likeness (QED) is 0.147. The lowest BCUT2D eigenvalue weighted by atomic mass is 9.51. The van der Waals surface area contributed by atoms with Crippen molar-refractivity contribution >= 4 is 17.1 Å². The molecule has 0 radical (unpaired) electrons. The van der Waals surface area contributed by atoms with Gasteiger partial charge in [0, 0.05) is 22.5 Å². The molecule has 11 aromatic rings. The van der Waals surface area contributed by atoms with Crippen molar-refractivity contribution in [3.05, 3.63) is 329 Å². The minimum Gasteiger partial charge on any atom is -0.310 e. The van der Waals surface area contributed by atoms with Gasteiger partial charge >= 0.3 is 0 Å². The van der Waals surface area contributed by atoms with Crippen LogP contribution in [-0.2, 0) is 16.2 Å². The van der Waals surface area contributed by atoms with Gasteiger partial charge < -0.3 is 4.90 Å². The lowest BCUT2D eigenvalue weighted by Gasteiger charge is -2.49. The number of hydrogen-bond acceptors (Lipinski definition) is 1. The van der Waals surface area contributed by atoms with Gasteiger partial charge in [0.2, 0.25) is 0 Å². The van der Waals surface area contributed by atoms with Crippen LogP contribution in [0.4, 0.5) is 17.1 Å². The van der Waals surface area contributed by atoms with Crippen molar-refractivity contribution in [3.63, 3.8) is 0 Å². The van der Waals surface area contributed by atoms with Crippen LogP contribution < -0.4 is 4.90 Å². The first-order valence-electron chi connectivity index (χ1n) is 25.3. The summed E-state index contributed by atoms with van der Waals surface area (Å²) in [7, 11) is 0. The smallest absolute Gasteiger partial charge is 0.0720 e. The number of fused-ring (bicyclic) bond motifs is 8. The highest BCUT2D eigenvalue weighted by Crippen LogP contribution is 2.66. The van der Waals surface area contributed by atoms with Gasteiger partial charge in [-0.3, -0.25) is 0 Å². The summed E-state index contributed by atoms with van der Waals surface area (Å²) in [5, 5.41) is 0. The third-order valence-corrected chi connectivity index (χ3v) is 16.4. The lowest BCUT2D eigenvalue weighted by molar-refractivity contribution is 0.627. The van der Waals surface area contributed by atoms with E-state index in [-0.39, 0.29) is 5.41 Å². The van der Waals surface area contributed by atoms with Gasteiger partial charge in [-0.2, -0.15) is 0 Å². The molecule has 0 bridgehead atoms. The summed E-state index contributed by atoms with van der Waals surface area (Å²) in [5.41, 5.74) is 24.9. The molecular weight excluding hydrogens is 867 g/mol. The van der Waals surface area contributed by atoms with Gasteiger partial charge in [0.15, 0.2) is 0 Å². The molecule has 11 aromatic carbocycles. The third kappa shape index (κ3) is 5.95. The zero-order valence-corrected chi connectivity index (χ0v) is 40.4. The lowest BCUT2D eigenvalue weighted by Crippen LogP contribution is -2.44. The van der Waals surface area contributed by atoms with Crippen LogP contribution in [0.2, 0.25) is 0 Å². The zero-order chi connectivity index (χ0) is 48.0. The number of rotatable bonds is 8. The molecule has 0 aliphatic heterocycles. The van der Waals surface area contributed by atoms with Crippen molar-refractivity contribution in [2.24, 2.45) is 0 Å². The zero-order valence-electron chi connectivity index (χ0n) is 40.4.